The summed E-state index contributed by atoms with van der Waals surface area (Å²) in [6.07, 6.45) is 1.84. The number of hydrogen-bond donors (Lipinski definition) is 2. The van der Waals surface area contributed by atoms with Gasteiger partial charge in [0.15, 0.2) is 0 Å². The van der Waals surface area contributed by atoms with Crippen molar-refractivity contribution in [3.8, 4) is 0 Å². The van der Waals surface area contributed by atoms with Crippen LogP contribution in [0.2, 0.25) is 0 Å². The van der Waals surface area contributed by atoms with E-state index in [0.29, 0.717) is 19.6 Å². The van der Waals surface area contributed by atoms with Gasteiger partial charge in [-0.1, -0.05) is 18.2 Å². The molecule has 3 rings (SSSR count). The number of urea groups is 1. The van der Waals surface area contributed by atoms with E-state index < -0.39 is 0 Å². The van der Waals surface area contributed by atoms with Crippen molar-refractivity contribution in [2.24, 2.45) is 0 Å². The number of para-hydroxylation sites is 1. The van der Waals surface area contributed by atoms with Gasteiger partial charge in [0.25, 0.3) is 0 Å². The van der Waals surface area contributed by atoms with Gasteiger partial charge in [0.05, 0.1) is 12.1 Å². The summed E-state index contributed by atoms with van der Waals surface area (Å²) in [6.45, 7) is 1.99. The van der Waals surface area contributed by atoms with Crippen molar-refractivity contribution < 1.29 is 4.79 Å². The van der Waals surface area contributed by atoms with Gasteiger partial charge in [-0.25, -0.2) is 10.2 Å². The molecule has 0 saturated carbocycles. The van der Waals surface area contributed by atoms with Crippen molar-refractivity contribution in [1.29, 1.82) is 0 Å². The second-order valence-corrected chi connectivity index (χ2v) is 4.25. The molecule has 5 nitrogen and oxygen atoms in total. The zero-order valence-corrected chi connectivity index (χ0v) is 9.89. The average molecular weight is 242 g/mol. The van der Waals surface area contributed by atoms with Crippen molar-refractivity contribution in [2.75, 3.05) is 13.1 Å². The average Bonchev–Trinajstić information content (AvgIpc) is 2.82. The Morgan fingerprint density at radius 2 is 2.28 bits per heavy atom. The van der Waals surface area contributed by atoms with E-state index in [4.69, 9.17) is 0 Å². The van der Waals surface area contributed by atoms with Crippen LogP contribution in [-0.4, -0.2) is 29.1 Å². The molecule has 0 aliphatic carbocycles. The first-order valence-electron chi connectivity index (χ1n) is 5.95. The molecule has 5 heteroatoms. The fourth-order valence-electron chi connectivity index (χ4n) is 2.02. The van der Waals surface area contributed by atoms with Gasteiger partial charge >= 0.3 is 6.03 Å². The molecular formula is C13H14N4O. The van der Waals surface area contributed by atoms with Crippen LogP contribution in [0.3, 0.4) is 0 Å². The van der Waals surface area contributed by atoms with Gasteiger partial charge in [-0.15, -0.1) is 0 Å². The van der Waals surface area contributed by atoms with Crippen molar-refractivity contribution >= 4 is 16.9 Å². The first-order valence-corrected chi connectivity index (χ1v) is 5.95. The highest BCUT2D eigenvalue weighted by molar-refractivity contribution is 5.78. The van der Waals surface area contributed by atoms with E-state index in [0.717, 1.165) is 16.5 Å². The molecule has 1 aliphatic heterocycles. The van der Waals surface area contributed by atoms with E-state index in [-0.39, 0.29) is 6.03 Å². The van der Waals surface area contributed by atoms with Gasteiger partial charge in [0.2, 0.25) is 0 Å². The zero-order chi connectivity index (χ0) is 12.4. The summed E-state index contributed by atoms with van der Waals surface area (Å²) in [5, 5.41) is 5.45. The number of pyridine rings is 1. The van der Waals surface area contributed by atoms with Crippen molar-refractivity contribution in [3.05, 3.63) is 42.1 Å². The Hall–Kier alpha value is -2.14. The fourth-order valence-corrected chi connectivity index (χ4v) is 2.02. The maximum atomic E-state index is 11.3. The topological polar surface area (TPSA) is 57.3 Å². The largest absolute Gasteiger partial charge is 0.335 e. The number of nitrogens with zero attached hydrogens (tertiary/aromatic N) is 2. The Kier molecular flexibility index (Phi) is 2.82. The summed E-state index contributed by atoms with van der Waals surface area (Å²) < 4.78 is 0. The van der Waals surface area contributed by atoms with Gasteiger partial charge in [-0.3, -0.25) is 9.99 Å². The first kappa shape index (κ1) is 11.0. The van der Waals surface area contributed by atoms with Crippen molar-refractivity contribution in [3.63, 3.8) is 0 Å². The quantitative estimate of drug-likeness (QED) is 0.852. The molecule has 1 aromatic carbocycles. The summed E-state index contributed by atoms with van der Waals surface area (Å²) in [6, 6.07) is 10.0. The number of hydrogen-bond acceptors (Lipinski definition) is 3. The summed E-state index contributed by atoms with van der Waals surface area (Å²) in [4.78, 5) is 15.7. The summed E-state index contributed by atoms with van der Waals surface area (Å²) in [5.41, 5.74) is 5.14. The Morgan fingerprint density at radius 1 is 1.39 bits per heavy atom. The molecule has 0 radical (unpaired) electrons. The lowest BCUT2D eigenvalue weighted by Gasteiger charge is -2.15. The number of amides is 2. The molecule has 0 spiro atoms. The normalized spacial score (nSPS) is 15.1. The van der Waals surface area contributed by atoms with Crippen molar-refractivity contribution in [1.82, 2.24) is 20.7 Å². The molecule has 1 aliphatic rings. The lowest BCUT2D eigenvalue weighted by molar-refractivity contribution is 0.193. The predicted molar refractivity (Wildman–Crippen MR) is 68.7 cm³/mol. The lowest BCUT2D eigenvalue weighted by atomic mass is 10.1. The number of fused-ring (bicyclic) bond motifs is 1. The molecule has 2 N–H and O–H groups in total. The van der Waals surface area contributed by atoms with Crippen LogP contribution in [0.1, 0.15) is 5.56 Å². The minimum Gasteiger partial charge on any atom is -0.335 e. The van der Waals surface area contributed by atoms with Gasteiger partial charge < -0.3 is 5.32 Å². The van der Waals surface area contributed by atoms with E-state index in [1.165, 1.54) is 0 Å². The number of hydrazine groups is 1. The highest BCUT2D eigenvalue weighted by Crippen LogP contribution is 2.12. The van der Waals surface area contributed by atoms with Crippen LogP contribution in [0.4, 0.5) is 4.79 Å². The number of aromatic nitrogens is 1. The van der Waals surface area contributed by atoms with Gasteiger partial charge in [0.1, 0.15) is 0 Å². The van der Waals surface area contributed by atoms with Crippen LogP contribution < -0.4 is 10.7 Å². The number of carbonyl (C=O) groups excluding carboxylic acids is 1. The van der Waals surface area contributed by atoms with Crippen LogP contribution in [0, 0.1) is 0 Å². The third-order valence-electron chi connectivity index (χ3n) is 2.98. The van der Waals surface area contributed by atoms with Crippen LogP contribution >= 0.6 is 0 Å². The van der Waals surface area contributed by atoms with Gasteiger partial charge in [-0.2, -0.15) is 0 Å². The summed E-state index contributed by atoms with van der Waals surface area (Å²) in [7, 11) is 0. The molecule has 2 amide bonds. The fraction of sp³-hybridized carbons (Fsp3) is 0.231. The molecule has 92 valence electrons. The standard InChI is InChI=1S/C13H14N4O/c18-13-14-5-6-17(13)16-9-10-7-11-3-1-2-4-12(11)15-8-10/h1-4,7-8,16H,5-6,9H2,(H,14,18). The Labute approximate surface area is 105 Å². The molecule has 1 fully saturated rings. The molecule has 2 aromatic rings. The minimum atomic E-state index is -0.0660. The molecule has 0 atom stereocenters. The molecule has 0 unspecified atom stereocenters. The Balaban J connectivity index is 1.72. The highest BCUT2D eigenvalue weighted by atomic mass is 16.2. The van der Waals surface area contributed by atoms with Gasteiger partial charge in [0, 0.05) is 24.7 Å². The Bertz CT molecular complexity index is 584. The van der Waals surface area contributed by atoms with Crippen LogP contribution in [0.15, 0.2) is 36.5 Å². The van der Waals surface area contributed by atoms with Crippen LogP contribution in [-0.2, 0) is 6.54 Å². The van der Waals surface area contributed by atoms with E-state index in [1.807, 2.05) is 30.5 Å². The molecule has 1 saturated heterocycles. The monoisotopic (exact) mass is 242 g/mol. The molecule has 18 heavy (non-hydrogen) atoms. The molecule has 2 heterocycles. The van der Waals surface area contributed by atoms with Crippen LogP contribution in [0.5, 0.6) is 0 Å². The second-order valence-electron chi connectivity index (χ2n) is 4.25. The van der Waals surface area contributed by atoms with E-state index in [2.05, 4.69) is 21.8 Å². The maximum Gasteiger partial charge on any atom is 0.331 e. The minimum absolute atomic E-state index is 0.0660. The van der Waals surface area contributed by atoms with E-state index in [9.17, 15) is 4.79 Å². The number of benzene rings is 1. The summed E-state index contributed by atoms with van der Waals surface area (Å²) in [5.74, 6) is 0. The third-order valence-corrected chi connectivity index (χ3v) is 2.98. The first-order chi connectivity index (χ1) is 8.83. The van der Waals surface area contributed by atoms with E-state index in [1.54, 1.807) is 5.01 Å². The van der Waals surface area contributed by atoms with Crippen molar-refractivity contribution in [2.45, 2.75) is 6.54 Å². The maximum absolute atomic E-state index is 11.3. The number of rotatable bonds is 3. The zero-order valence-electron chi connectivity index (χ0n) is 9.89. The number of nitrogens with one attached hydrogen (secondary N) is 2. The van der Waals surface area contributed by atoms with E-state index >= 15 is 0 Å². The van der Waals surface area contributed by atoms with Gasteiger partial charge in [-0.05, 0) is 17.7 Å². The number of carbonyl (C=O) groups is 1. The lowest BCUT2D eigenvalue weighted by Crippen LogP contribution is -2.39. The predicted octanol–water partition coefficient (Wildman–Crippen LogP) is 1.26. The van der Waals surface area contributed by atoms with Crippen LogP contribution in [0.25, 0.3) is 10.9 Å². The molecular weight excluding hydrogens is 228 g/mol. The highest BCUT2D eigenvalue weighted by Gasteiger charge is 2.18. The third kappa shape index (κ3) is 2.12. The molecule has 0 bridgehead atoms. The SMILES string of the molecule is O=C1NCCN1NCc1cnc2ccccc2c1. The summed E-state index contributed by atoms with van der Waals surface area (Å²) >= 11 is 0. The smallest absolute Gasteiger partial charge is 0.331 e. The Morgan fingerprint density at radius 3 is 3.11 bits per heavy atom. The second kappa shape index (κ2) is 4.62. The molecule has 1 aromatic heterocycles.